The molecule has 15 heavy (non-hydrogen) atoms. The smallest absolute Gasteiger partial charge is 0.0621 e. The van der Waals surface area contributed by atoms with Gasteiger partial charge in [0.25, 0.3) is 0 Å². The van der Waals surface area contributed by atoms with Gasteiger partial charge in [0, 0.05) is 0 Å². The van der Waals surface area contributed by atoms with E-state index >= 15 is 0 Å². The van der Waals surface area contributed by atoms with Crippen molar-refractivity contribution in [3.05, 3.63) is 0 Å². The molecule has 0 amide bonds. The van der Waals surface area contributed by atoms with Gasteiger partial charge in [-0.05, 0) is 23.3 Å². The van der Waals surface area contributed by atoms with Crippen LogP contribution in [0.4, 0.5) is 0 Å². The summed E-state index contributed by atoms with van der Waals surface area (Å²) in [4.78, 5) is 0. The minimum Gasteiger partial charge on any atom is -0.167 e. The van der Waals surface area contributed by atoms with Crippen molar-refractivity contribution < 1.29 is 0 Å². The monoisotopic (exact) mass is 210 g/mol. The largest absolute Gasteiger partial charge is 0.167 e. The molecule has 4 nitrogen and oxygen atoms in total. The van der Waals surface area contributed by atoms with E-state index in [9.17, 15) is 0 Å². The van der Waals surface area contributed by atoms with Gasteiger partial charge in [-0.2, -0.15) is 10.2 Å². The van der Waals surface area contributed by atoms with E-state index < -0.39 is 0 Å². The third kappa shape index (κ3) is 8.21. The Morgan fingerprint density at radius 3 is 1.13 bits per heavy atom. The van der Waals surface area contributed by atoms with Crippen molar-refractivity contribution in [3.63, 3.8) is 0 Å². The summed E-state index contributed by atoms with van der Waals surface area (Å²) in [6.07, 6.45) is 11.7. The molecule has 0 spiro atoms. The van der Waals surface area contributed by atoms with Crippen LogP contribution in [0.25, 0.3) is 0 Å². The summed E-state index contributed by atoms with van der Waals surface area (Å²) < 4.78 is 0. The molecule has 86 valence electrons. The molecule has 0 unspecified atom stereocenters. The van der Waals surface area contributed by atoms with Gasteiger partial charge in [-0.3, -0.25) is 0 Å². The van der Waals surface area contributed by atoms with Crippen LogP contribution >= 0.6 is 0 Å². The predicted molar refractivity (Wildman–Crippen MR) is 61.0 cm³/mol. The second kappa shape index (κ2) is 9.74. The first-order chi connectivity index (χ1) is 7.50. The van der Waals surface area contributed by atoms with E-state index in [4.69, 9.17) is 0 Å². The molecule has 0 fully saturated rings. The Balaban J connectivity index is 2.16. The molecule has 1 rings (SSSR count). The van der Waals surface area contributed by atoms with E-state index in [-0.39, 0.29) is 0 Å². The lowest BCUT2D eigenvalue weighted by Gasteiger charge is -2.00. The average molecular weight is 210 g/mol. The van der Waals surface area contributed by atoms with Crippen LogP contribution in [0.5, 0.6) is 0 Å². The van der Waals surface area contributed by atoms with Gasteiger partial charge in [0.15, 0.2) is 0 Å². The van der Waals surface area contributed by atoms with E-state index in [0.717, 1.165) is 25.9 Å². The van der Waals surface area contributed by atoms with Crippen molar-refractivity contribution in [2.75, 3.05) is 13.1 Å². The maximum absolute atomic E-state index is 3.95. The predicted octanol–water partition coefficient (Wildman–Crippen LogP) is 4.33. The molecule has 0 bridgehead atoms. The average Bonchev–Trinajstić information content (AvgIpc) is 2.27. The third-order valence-electron chi connectivity index (χ3n) is 2.68. The molecule has 1 heterocycles. The second-order valence-electron chi connectivity index (χ2n) is 4.09. The number of nitrogens with zero attached hydrogens (tertiary/aromatic N) is 4. The summed E-state index contributed by atoms with van der Waals surface area (Å²) in [5, 5.41) is 15.2. The number of rotatable bonds is 0. The summed E-state index contributed by atoms with van der Waals surface area (Å²) in [5.41, 5.74) is 0. The Hall–Kier alpha value is -0.800. The fourth-order valence-electron chi connectivity index (χ4n) is 1.75. The van der Waals surface area contributed by atoms with Gasteiger partial charge in [0.1, 0.15) is 0 Å². The Bertz CT molecular complexity index is 169. The minimum absolute atomic E-state index is 0.805. The summed E-state index contributed by atoms with van der Waals surface area (Å²) in [5.74, 6) is 0. The third-order valence-corrected chi connectivity index (χ3v) is 2.68. The second-order valence-corrected chi connectivity index (χ2v) is 4.09. The highest BCUT2D eigenvalue weighted by Crippen LogP contribution is 2.10. The minimum atomic E-state index is 0.805. The van der Waals surface area contributed by atoms with Gasteiger partial charge in [-0.25, -0.2) is 0 Å². The first-order valence-electron chi connectivity index (χ1n) is 6.23. The van der Waals surface area contributed by atoms with Gasteiger partial charge in [-0.15, -0.1) is 0 Å². The normalized spacial score (nSPS) is 26.1. The maximum atomic E-state index is 3.95. The van der Waals surface area contributed by atoms with E-state index in [2.05, 4.69) is 20.7 Å². The van der Waals surface area contributed by atoms with Crippen molar-refractivity contribution in [1.82, 2.24) is 0 Å². The molecule has 0 saturated carbocycles. The molecule has 0 saturated heterocycles. The van der Waals surface area contributed by atoms with E-state index in [1.54, 1.807) is 0 Å². The SMILES string of the molecule is C1CCCCC/N=N/N=N/CCCCC1. The number of hydrogen-bond donors (Lipinski definition) is 0. The lowest BCUT2D eigenvalue weighted by molar-refractivity contribution is 0.562. The summed E-state index contributed by atoms with van der Waals surface area (Å²) in [6.45, 7) is 1.61. The molecule has 1 aliphatic rings. The molecule has 4 heteroatoms. The maximum Gasteiger partial charge on any atom is 0.0621 e. The highest BCUT2D eigenvalue weighted by Gasteiger charge is 1.93. The molecular weight excluding hydrogens is 188 g/mol. The van der Waals surface area contributed by atoms with Crippen LogP contribution in [0.1, 0.15) is 57.8 Å². The molecule has 0 aromatic heterocycles. The molecule has 1 aliphatic heterocycles. The zero-order valence-corrected chi connectivity index (χ0v) is 9.57. The van der Waals surface area contributed by atoms with Crippen LogP contribution in [0.2, 0.25) is 0 Å². The van der Waals surface area contributed by atoms with E-state index in [1.165, 1.54) is 44.9 Å². The Morgan fingerprint density at radius 1 is 0.400 bits per heavy atom. The van der Waals surface area contributed by atoms with Crippen LogP contribution in [0.15, 0.2) is 20.7 Å². The molecular formula is C11H22N4. The quantitative estimate of drug-likeness (QED) is 0.571. The van der Waals surface area contributed by atoms with Crippen LogP contribution in [0.3, 0.4) is 0 Å². The standard InChI is InChI=1S/C11H22N4/c1-2-4-6-8-10-12-14-15-13-11-9-7-5-3-1/h1-11H2/b14-12+,15-13+. The zero-order valence-electron chi connectivity index (χ0n) is 9.57. The first kappa shape index (κ1) is 12.3. The summed E-state index contributed by atoms with van der Waals surface area (Å²) in [7, 11) is 0. The highest BCUT2D eigenvalue weighted by atomic mass is 15.5. The Kier molecular flexibility index (Phi) is 7.97. The van der Waals surface area contributed by atoms with Crippen molar-refractivity contribution in [2.24, 2.45) is 20.7 Å². The highest BCUT2D eigenvalue weighted by molar-refractivity contribution is 4.50. The van der Waals surface area contributed by atoms with Gasteiger partial charge in [0.2, 0.25) is 0 Å². The molecule has 0 aliphatic carbocycles. The fourth-order valence-corrected chi connectivity index (χ4v) is 1.75. The van der Waals surface area contributed by atoms with Crippen LogP contribution < -0.4 is 0 Å². The zero-order chi connectivity index (χ0) is 10.6. The topological polar surface area (TPSA) is 49.4 Å². The molecule has 0 atom stereocenters. The van der Waals surface area contributed by atoms with Crippen LogP contribution in [-0.2, 0) is 0 Å². The number of hydrogen-bond acceptors (Lipinski definition) is 4. The van der Waals surface area contributed by atoms with Crippen molar-refractivity contribution in [1.29, 1.82) is 0 Å². The van der Waals surface area contributed by atoms with Crippen LogP contribution in [0, 0.1) is 0 Å². The van der Waals surface area contributed by atoms with Gasteiger partial charge < -0.3 is 0 Å². The molecule has 0 aromatic rings. The van der Waals surface area contributed by atoms with Crippen LogP contribution in [-0.4, -0.2) is 13.1 Å². The lowest BCUT2D eigenvalue weighted by Crippen LogP contribution is -1.84. The summed E-state index contributed by atoms with van der Waals surface area (Å²) >= 11 is 0. The van der Waals surface area contributed by atoms with Crippen molar-refractivity contribution >= 4 is 0 Å². The molecule has 0 aromatic carbocycles. The fraction of sp³-hybridized carbons (Fsp3) is 1.00. The van der Waals surface area contributed by atoms with Gasteiger partial charge in [0.05, 0.1) is 13.1 Å². The van der Waals surface area contributed by atoms with Crippen molar-refractivity contribution in [3.8, 4) is 0 Å². The molecule has 0 N–H and O–H groups in total. The van der Waals surface area contributed by atoms with Gasteiger partial charge >= 0.3 is 0 Å². The van der Waals surface area contributed by atoms with Gasteiger partial charge in [-0.1, -0.05) is 44.9 Å². The van der Waals surface area contributed by atoms with E-state index in [0.29, 0.717) is 0 Å². The first-order valence-corrected chi connectivity index (χ1v) is 6.23. The lowest BCUT2D eigenvalue weighted by atomic mass is 10.1. The van der Waals surface area contributed by atoms with E-state index in [1.807, 2.05) is 0 Å². The Labute approximate surface area is 92.2 Å². The van der Waals surface area contributed by atoms with Crippen molar-refractivity contribution in [2.45, 2.75) is 57.8 Å². The summed E-state index contributed by atoms with van der Waals surface area (Å²) in [6, 6.07) is 0. The Morgan fingerprint density at radius 2 is 0.733 bits per heavy atom. The molecule has 0 radical (unpaired) electrons.